The minimum Gasteiger partial charge on any atom is -0.450 e. The SMILES string of the molecule is O=C(CN1C(=O)S/C(=C\c2ccc(Sc3nc4ccccc4[nH]3)o2)C1=O)N1CCc2ccccc2C1. The van der Waals surface area contributed by atoms with E-state index in [1.54, 1.807) is 17.0 Å². The van der Waals surface area contributed by atoms with E-state index in [1.165, 1.54) is 23.4 Å². The molecule has 0 unspecified atom stereocenters. The number of furan rings is 1. The zero-order valence-electron chi connectivity index (χ0n) is 19.0. The molecule has 1 fully saturated rings. The first-order valence-corrected chi connectivity index (χ1v) is 13.0. The molecule has 2 aromatic heterocycles. The topological polar surface area (TPSA) is 99.5 Å². The second kappa shape index (κ2) is 9.36. The van der Waals surface area contributed by atoms with E-state index in [0.717, 1.165) is 39.7 Å². The van der Waals surface area contributed by atoms with Crippen molar-refractivity contribution in [3.63, 3.8) is 0 Å². The van der Waals surface area contributed by atoms with E-state index in [-0.39, 0.29) is 17.4 Å². The van der Waals surface area contributed by atoms with Crippen molar-refractivity contribution in [2.24, 2.45) is 0 Å². The maximum atomic E-state index is 12.9. The summed E-state index contributed by atoms with van der Waals surface area (Å²) in [5.41, 5.74) is 4.12. The Morgan fingerprint density at radius 3 is 2.75 bits per heavy atom. The summed E-state index contributed by atoms with van der Waals surface area (Å²) in [5.74, 6) is -0.285. The number of aromatic nitrogens is 2. The van der Waals surface area contributed by atoms with Gasteiger partial charge in [0.25, 0.3) is 11.1 Å². The molecule has 180 valence electrons. The van der Waals surface area contributed by atoms with Gasteiger partial charge in [-0.05, 0) is 65.3 Å². The molecule has 2 aromatic carbocycles. The van der Waals surface area contributed by atoms with Gasteiger partial charge in [-0.25, -0.2) is 4.98 Å². The maximum Gasteiger partial charge on any atom is 0.294 e. The Labute approximate surface area is 214 Å². The molecular weight excluding hydrogens is 496 g/mol. The number of carbonyl (C=O) groups is 3. The van der Waals surface area contributed by atoms with Crippen molar-refractivity contribution in [1.82, 2.24) is 19.8 Å². The number of carbonyl (C=O) groups excluding carboxylic acids is 3. The van der Waals surface area contributed by atoms with Crippen LogP contribution in [-0.2, 0) is 22.6 Å². The molecule has 0 bridgehead atoms. The summed E-state index contributed by atoms with van der Waals surface area (Å²) in [6.45, 7) is 0.786. The van der Waals surface area contributed by atoms with Gasteiger partial charge in [0.1, 0.15) is 12.3 Å². The van der Waals surface area contributed by atoms with Crippen LogP contribution in [0.2, 0.25) is 0 Å². The van der Waals surface area contributed by atoms with E-state index in [1.807, 2.05) is 42.5 Å². The quantitative estimate of drug-likeness (QED) is 0.376. The van der Waals surface area contributed by atoms with Crippen LogP contribution in [0.25, 0.3) is 17.1 Å². The fraction of sp³-hybridized carbons (Fsp3) is 0.154. The Morgan fingerprint density at radius 1 is 1.08 bits per heavy atom. The van der Waals surface area contributed by atoms with Crippen LogP contribution in [0.5, 0.6) is 0 Å². The molecule has 8 nitrogen and oxygen atoms in total. The number of H-pyrrole nitrogens is 1. The monoisotopic (exact) mass is 516 g/mol. The van der Waals surface area contributed by atoms with Crippen molar-refractivity contribution >= 4 is 57.7 Å². The van der Waals surface area contributed by atoms with Crippen LogP contribution in [0, 0.1) is 0 Å². The second-order valence-corrected chi connectivity index (χ2v) is 10.4. The van der Waals surface area contributed by atoms with E-state index in [4.69, 9.17) is 4.42 Å². The van der Waals surface area contributed by atoms with E-state index in [2.05, 4.69) is 16.0 Å². The average molecular weight is 517 g/mol. The molecule has 2 aliphatic rings. The molecule has 0 atom stereocenters. The summed E-state index contributed by atoms with van der Waals surface area (Å²) < 4.78 is 5.83. The van der Waals surface area contributed by atoms with Gasteiger partial charge in [-0.15, -0.1) is 0 Å². The molecule has 1 saturated heterocycles. The molecule has 0 aliphatic carbocycles. The molecule has 10 heteroatoms. The second-order valence-electron chi connectivity index (χ2n) is 8.42. The maximum absolute atomic E-state index is 12.9. The number of fused-ring (bicyclic) bond motifs is 2. The van der Waals surface area contributed by atoms with Crippen LogP contribution in [0.4, 0.5) is 4.79 Å². The normalized spacial score (nSPS) is 16.8. The third-order valence-electron chi connectivity index (χ3n) is 6.09. The van der Waals surface area contributed by atoms with Gasteiger partial charge < -0.3 is 14.3 Å². The number of imidazole rings is 1. The van der Waals surface area contributed by atoms with Crippen molar-refractivity contribution in [1.29, 1.82) is 0 Å². The first-order valence-electron chi connectivity index (χ1n) is 11.4. The summed E-state index contributed by atoms with van der Waals surface area (Å²) in [6.07, 6.45) is 2.30. The number of nitrogens with one attached hydrogen (secondary N) is 1. The molecule has 0 spiro atoms. The number of rotatable bonds is 5. The van der Waals surface area contributed by atoms with Crippen LogP contribution in [0.15, 0.2) is 80.2 Å². The van der Waals surface area contributed by atoms with Crippen molar-refractivity contribution in [2.75, 3.05) is 13.1 Å². The van der Waals surface area contributed by atoms with Gasteiger partial charge in [0.05, 0.1) is 15.9 Å². The van der Waals surface area contributed by atoms with Gasteiger partial charge in [-0.2, -0.15) is 0 Å². The van der Waals surface area contributed by atoms with Crippen LogP contribution >= 0.6 is 23.5 Å². The Hall–Kier alpha value is -3.76. The number of amides is 3. The summed E-state index contributed by atoms with van der Waals surface area (Å²) >= 11 is 2.14. The minimum absolute atomic E-state index is 0.228. The summed E-state index contributed by atoms with van der Waals surface area (Å²) in [7, 11) is 0. The predicted molar refractivity (Wildman–Crippen MR) is 137 cm³/mol. The van der Waals surface area contributed by atoms with E-state index < -0.39 is 11.1 Å². The fourth-order valence-corrected chi connectivity index (χ4v) is 5.84. The number of aromatic amines is 1. The van der Waals surface area contributed by atoms with E-state index in [9.17, 15) is 14.4 Å². The highest BCUT2D eigenvalue weighted by Gasteiger charge is 2.37. The van der Waals surface area contributed by atoms with E-state index >= 15 is 0 Å². The van der Waals surface area contributed by atoms with E-state index in [0.29, 0.717) is 29.1 Å². The lowest BCUT2D eigenvalue weighted by atomic mass is 10.00. The number of para-hydroxylation sites is 2. The zero-order valence-corrected chi connectivity index (χ0v) is 20.6. The average Bonchev–Trinajstić information content (AvgIpc) is 3.58. The largest absolute Gasteiger partial charge is 0.450 e. The first-order chi connectivity index (χ1) is 17.5. The number of hydrogen-bond donors (Lipinski definition) is 1. The lowest BCUT2D eigenvalue weighted by Crippen LogP contribution is -2.44. The van der Waals surface area contributed by atoms with Gasteiger partial charge in [-0.3, -0.25) is 19.3 Å². The summed E-state index contributed by atoms with van der Waals surface area (Å²) in [6, 6.07) is 19.3. The first kappa shape index (κ1) is 22.7. The van der Waals surface area contributed by atoms with Crippen molar-refractivity contribution in [2.45, 2.75) is 23.2 Å². The van der Waals surface area contributed by atoms with Crippen molar-refractivity contribution in [3.05, 3.63) is 82.5 Å². The van der Waals surface area contributed by atoms with Crippen molar-refractivity contribution in [3.8, 4) is 0 Å². The molecule has 4 aromatic rings. The number of thioether (sulfide) groups is 1. The number of hydrogen-bond acceptors (Lipinski definition) is 7. The molecular formula is C26H20N4O4S2. The van der Waals surface area contributed by atoms with Gasteiger partial charge in [-0.1, -0.05) is 36.4 Å². The number of imide groups is 1. The molecule has 0 radical (unpaired) electrons. The lowest BCUT2D eigenvalue weighted by molar-refractivity contribution is -0.136. The predicted octanol–water partition coefficient (Wildman–Crippen LogP) is 4.93. The van der Waals surface area contributed by atoms with Gasteiger partial charge >= 0.3 is 0 Å². The Bertz CT molecular complexity index is 1510. The highest BCUT2D eigenvalue weighted by Crippen LogP contribution is 2.34. The highest BCUT2D eigenvalue weighted by molar-refractivity contribution is 8.18. The molecule has 36 heavy (non-hydrogen) atoms. The smallest absolute Gasteiger partial charge is 0.294 e. The van der Waals surface area contributed by atoms with Gasteiger partial charge in [0.2, 0.25) is 5.91 Å². The molecule has 2 aliphatic heterocycles. The Balaban J connectivity index is 1.11. The minimum atomic E-state index is -0.487. The summed E-state index contributed by atoms with van der Waals surface area (Å²) in [4.78, 5) is 49.0. The van der Waals surface area contributed by atoms with Crippen LogP contribution in [0.1, 0.15) is 16.9 Å². The molecule has 1 N–H and O–H groups in total. The Morgan fingerprint density at radius 2 is 1.89 bits per heavy atom. The highest BCUT2D eigenvalue weighted by atomic mass is 32.2. The number of benzene rings is 2. The molecule has 4 heterocycles. The van der Waals surface area contributed by atoms with Gasteiger partial charge in [0, 0.05) is 19.2 Å². The van der Waals surface area contributed by atoms with Crippen LogP contribution < -0.4 is 0 Å². The molecule has 6 rings (SSSR count). The number of nitrogens with zero attached hydrogens (tertiary/aromatic N) is 3. The lowest BCUT2D eigenvalue weighted by Gasteiger charge is -2.29. The van der Waals surface area contributed by atoms with Gasteiger partial charge in [0.15, 0.2) is 10.2 Å². The third-order valence-corrected chi connectivity index (χ3v) is 7.81. The third kappa shape index (κ3) is 4.45. The van der Waals surface area contributed by atoms with Crippen molar-refractivity contribution < 1.29 is 18.8 Å². The molecule has 0 saturated carbocycles. The zero-order chi connectivity index (χ0) is 24.6. The fourth-order valence-electron chi connectivity index (χ4n) is 4.25. The standard InChI is InChI=1S/C26H20N4O4S2/c31-22(29-12-11-16-5-1-2-6-17(16)14-29)15-30-24(32)21(35-26(30)33)13-18-9-10-23(34-18)36-25-27-19-7-3-4-8-20(19)28-25/h1-10,13H,11-12,14-15H2,(H,27,28)/b21-13-. The Kier molecular flexibility index (Phi) is 5.90. The molecule has 3 amide bonds. The van der Waals surface area contributed by atoms with Crippen LogP contribution in [-0.4, -0.2) is 49.9 Å². The summed E-state index contributed by atoms with van der Waals surface area (Å²) in [5, 5.41) is 0.830. The van der Waals surface area contributed by atoms with Crippen LogP contribution in [0.3, 0.4) is 0 Å².